The van der Waals surface area contributed by atoms with Crippen LogP contribution in [-0.4, -0.2) is 13.4 Å². The van der Waals surface area contributed by atoms with Crippen LogP contribution in [0.3, 0.4) is 0 Å². The van der Waals surface area contributed by atoms with Crippen molar-refractivity contribution >= 4 is 19.7 Å². The Morgan fingerprint density at radius 3 is 2.35 bits per heavy atom. The number of aromatic nitrogens is 1. The summed E-state index contributed by atoms with van der Waals surface area (Å²) in [5, 5.41) is 0. The first kappa shape index (κ1) is 14.8. The van der Waals surface area contributed by atoms with Crippen LogP contribution in [0, 0.1) is 0 Å². The summed E-state index contributed by atoms with van der Waals surface area (Å²) < 4.78 is 61.0. The minimum absolute atomic E-state index is 0.136. The van der Waals surface area contributed by atoms with E-state index in [2.05, 4.69) is 4.98 Å². The SMILES string of the molecule is O=S(=O)(Cl)c1ccc(C(F)(F)F)cc1-c1cccnc1. The van der Waals surface area contributed by atoms with Crippen molar-refractivity contribution in [1.82, 2.24) is 4.98 Å². The maximum Gasteiger partial charge on any atom is 0.416 e. The smallest absolute Gasteiger partial charge is 0.264 e. The summed E-state index contributed by atoms with van der Waals surface area (Å²) in [5.41, 5.74) is -0.860. The highest BCUT2D eigenvalue weighted by Gasteiger charge is 2.32. The summed E-state index contributed by atoms with van der Waals surface area (Å²) in [6.45, 7) is 0. The number of alkyl halides is 3. The minimum atomic E-state index is -4.58. The van der Waals surface area contributed by atoms with E-state index < -0.39 is 20.8 Å². The molecule has 106 valence electrons. The van der Waals surface area contributed by atoms with Gasteiger partial charge in [0.2, 0.25) is 0 Å². The van der Waals surface area contributed by atoms with Crippen molar-refractivity contribution in [3.05, 3.63) is 48.3 Å². The van der Waals surface area contributed by atoms with Crippen LogP contribution < -0.4 is 0 Å². The molecule has 1 aromatic heterocycles. The van der Waals surface area contributed by atoms with Gasteiger partial charge in [0.25, 0.3) is 9.05 Å². The standard InChI is InChI=1S/C12H7ClF3NO2S/c13-20(18,19)11-4-3-9(12(14,15)16)6-10(11)8-2-1-5-17-7-8/h1-7H. The molecular formula is C12H7ClF3NO2S. The number of hydrogen-bond donors (Lipinski definition) is 0. The van der Waals surface area contributed by atoms with Crippen LogP contribution in [0.2, 0.25) is 0 Å². The van der Waals surface area contributed by atoms with Crippen molar-refractivity contribution in [3.8, 4) is 11.1 Å². The van der Waals surface area contributed by atoms with E-state index in [0.29, 0.717) is 6.07 Å². The summed E-state index contributed by atoms with van der Waals surface area (Å²) in [7, 11) is 1.08. The first-order chi connectivity index (χ1) is 9.19. The summed E-state index contributed by atoms with van der Waals surface area (Å²) in [4.78, 5) is 3.37. The molecule has 0 spiro atoms. The van der Waals surface area contributed by atoms with Gasteiger partial charge in [0.05, 0.1) is 10.5 Å². The van der Waals surface area contributed by atoms with Gasteiger partial charge in [-0.15, -0.1) is 0 Å². The van der Waals surface area contributed by atoms with Crippen molar-refractivity contribution < 1.29 is 21.6 Å². The number of nitrogens with zero attached hydrogens (tertiary/aromatic N) is 1. The van der Waals surface area contributed by atoms with Crippen LogP contribution in [0.25, 0.3) is 11.1 Å². The molecule has 0 atom stereocenters. The zero-order valence-electron chi connectivity index (χ0n) is 9.73. The zero-order chi connectivity index (χ0) is 15.0. The Hall–Kier alpha value is -1.60. The fourth-order valence-electron chi connectivity index (χ4n) is 1.67. The lowest BCUT2D eigenvalue weighted by Crippen LogP contribution is -2.06. The summed E-state index contributed by atoms with van der Waals surface area (Å²) >= 11 is 0. The predicted molar refractivity (Wildman–Crippen MR) is 67.7 cm³/mol. The van der Waals surface area contributed by atoms with Crippen molar-refractivity contribution in [2.24, 2.45) is 0 Å². The number of pyridine rings is 1. The molecule has 20 heavy (non-hydrogen) atoms. The van der Waals surface area contributed by atoms with E-state index in [1.54, 1.807) is 0 Å². The fraction of sp³-hybridized carbons (Fsp3) is 0.0833. The first-order valence-electron chi connectivity index (χ1n) is 5.26. The molecule has 0 amide bonds. The van der Waals surface area contributed by atoms with Crippen LogP contribution in [0.1, 0.15) is 5.56 Å². The minimum Gasteiger partial charge on any atom is -0.264 e. The molecule has 1 heterocycles. The first-order valence-corrected chi connectivity index (χ1v) is 7.57. The molecule has 0 saturated carbocycles. The lowest BCUT2D eigenvalue weighted by atomic mass is 10.0. The molecule has 0 bridgehead atoms. The van der Waals surface area contributed by atoms with Crippen molar-refractivity contribution in [2.45, 2.75) is 11.1 Å². The molecular weight excluding hydrogens is 315 g/mol. The monoisotopic (exact) mass is 321 g/mol. The topological polar surface area (TPSA) is 47.0 Å². The predicted octanol–water partition coefficient (Wildman–Crippen LogP) is 3.69. The lowest BCUT2D eigenvalue weighted by Gasteiger charge is -2.12. The van der Waals surface area contributed by atoms with Crippen LogP contribution in [0.5, 0.6) is 0 Å². The van der Waals surface area contributed by atoms with Gasteiger partial charge < -0.3 is 0 Å². The molecule has 0 aliphatic carbocycles. The number of benzene rings is 1. The maximum atomic E-state index is 12.7. The van der Waals surface area contributed by atoms with Gasteiger partial charge in [-0.25, -0.2) is 8.42 Å². The Morgan fingerprint density at radius 1 is 1.15 bits per heavy atom. The van der Waals surface area contributed by atoms with Gasteiger partial charge in [-0.3, -0.25) is 4.98 Å². The largest absolute Gasteiger partial charge is 0.416 e. The Balaban J connectivity index is 2.74. The quantitative estimate of drug-likeness (QED) is 0.792. The third-order valence-electron chi connectivity index (χ3n) is 2.54. The van der Waals surface area contributed by atoms with Gasteiger partial charge in [-0.1, -0.05) is 6.07 Å². The van der Waals surface area contributed by atoms with Crippen LogP contribution in [-0.2, 0) is 15.2 Å². The highest BCUT2D eigenvalue weighted by atomic mass is 35.7. The summed E-state index contributed by atoms with van der Waals surface area (Å²) in [6, 6.07) is 5.20. The second-order valence-corrected chi connectivity index (χ2v) is 6.42. The van der Waals surface area contributed by atoms with Crippen molar-refractivity contribution in [1.29, 1.82) is 0 Å². The fourth-order valence-corrected chi connectivity index (χ4v) is 2.74. The second-order valence-electron chi connectivity index (χ2n) is 3.89. The highest BCUT2D eigenvalue weighted by molar-refractivity contribution is 8.13. The van der Waals surface area contributed by atoms with E-state index in [1.807, 2.05) is 0 Å². The van der Waals surface area contributed by atoms with Crippen LogP contribution in [0.15, 0.2) is 47.6 Å². The Bertz CT molecular complexity index is 730. The van der Waals surface area contributed by atoms with Crippen molar-refractivity contribution in [3.63, 3.8) is 0 Å². The zero-order valence-corrected chi connectivity index (χ0v) is 11.3. The average molecular weight is 322 g/mol. The third kappa shape index (κ3) is 3.10. The second kappa shape index (κ2) is 5.06. The molecule has 0 radical (unpaired) electrons. The van der Waals surface area contributed by atoms with Crippen LogP contribution in [0.4, 0.5) is 13.2 Å². The molecule has 1 aromatic carbocycles. The average Bonchev–Trinajstić information content (AvgIpc) is 2.37. The van der Waals surface area contributed by atoms with E-state index in [1.165, 1.54) is 24.5 Å². The van der Waals surface area contributed by atoms with Crippen molar-refractivity contribution in [2.75, 3.05) is 0 Å². The van der Waals surface area contributed by atoms with E-state index in [9.17, 15) is 21.6 Å². The van der Waals surface area contributed by atoms with Gasteiger partial charge >= 0.3 is 6.18 Å². The van der Waals surface area contributed by atoms with Gasteiger partial charge in [0.15, 0.2) is 0 Å². The normalized spacial score (nSPS) is 12.4. The molecule has 0 unspecified atom stereocenters. The molecule has 0 fully saturated rings. The van der Waals surface area contributed by atoms with E-state index in [-0.39, 0.29) is 16.0 Å². The molecule has 3 nitrogen and oxygen atoms in total. The van der Waals surface area contributed by atoms with E-state index in [0.717, 1.165) is 12.1 Å². The molecule has 0 N–H and O–H groups in total. The maximum absolute atomic E-state index is 12.7. The number of hydrogen-bond acceptors (Lipinski definition) is 3. The molecule has 0 aliphatic heterocycles. The van der Waals surface area contributed by atoms with Gasteiger partial charge in [0.1, 0.15) is 0 Å². The van der Waals surface area contributed by atoms with E-state index >= 15 is 0 Å². The molecule has 0 aliphatic rings. The van der Waals surface area contributed by atoms with E-state index in [4.69, 9.17) is 10.7 Å². The molecule has 0 saturated heterocycles. The molecule has 2 rings (SSSR count). The van der Waals surface area contributed by atoms with Gasteiger partial charge in [-0.2, -0.15) is 13.2 Å². The van der Waals surface area contributed by atoms with Gasteiger partial charge in [0, 0.05) is 34.2 Å². The lowest BCUT2D eigenvalue weighted by molar-refractivity contribution is -0.137. The Kier molecular flexibility index (Phi) is 3.75. The number of halogens is 4. The van der Waals surface area contributed by atoms with Crippen LogP contribution >= 0.6 is 10.7 Å². The molecule has 8 heteroatoms. The summed E-state index contributed by atoms with van der Waals surface area (Å²) in [5.74, 6) is 0. The molecule has 2 aromatic rings. The Labute approximate surface area is 117 Å². The number of rotatable bonds is 2. The third-order valence-corrected chi connectivity index (χ3v) is 3.92. The Morgan fingerprint density at radius 2 is 1.85 bits per heavy atom. The van der Waals surface area contributed by atoms with Gasteiger partial charge in [-0.05, 0) is 24.3 Å². The summed E-state index contributed by atoms with van der Waals surface area (Å²) in [6.07, 6.45) is -1.89. The highest BCUT2D eigenvalue weighted by Crippen LogP contribution is 2.36.